The minimum Gasteiger partial charge on any atom is -0.369 e. The van der Waals surface area contributed by atoms with Gasteiger partial charge in [-0.15, -0.1) is 0 Å². The number of aromatic nitrogens is 2. The number of rotatable bonds is 1. The van der Waals surface area contributed by atoms with Gasteiger partial charge in [0, 0.05) is 18.1 Å². The van der Waals surface area contributed by atoms with Crippen molar-refractivity contribution in [2.45, 2.75) is 6.92 Å². The van der Waals surface area contributed by atoms with Crippen LogP contribution in [-0.4, -0.2) is 9.55 Å². The zero-order valence-corrected chi connectivity index (χ0v) is 5.33. The predicted octanol–water partition coefficient (Wildman–Crippen LogP) is 0.956. The maximum absolute atomic E-state index is 5.43. The monoisotopic (exact) mass is 123 g/mol. The zero-order chi connectivity index (χ0) is 6.85. The van der Waals surface area contributed by atoms with Crippen LogP contribution in [0, 0.1) is 0 Å². The van der Waals surface area contributed by atoms with Gasteiger partial charge in [0.1, 0.15) is 0 Å². The smallest absolute Gasteiger partial charge is 0.204 e. The molecule has 0 amide bonds. The fraction of sp³-hybridized carbons (Fsp3) is 0.167. The van der Waals surface area contributed by atoms with Gasteiger partial charge in [-0.25, -0.2) is 4.98 Å². The van der Waals surface area contributed by atoms with E-state index in [2.05, 4.69) is 11.6 Å². The standard InChI is InChI=1S/C6H9N3/c1-5(2)9-4-3-8-6(9)7/h3-4H,1H2,2H3,(H2,7,8). The molecule has 0 atom stereocenters. The number of nitrogen functional groups attached to an aromatic ring is 1. The Morgan fingerprint density at radius 1 is 1.89 bits per heavy atom. The molecule has 0 unspecified atom stereocenters. The highest BCUT2D eigenvalue weighted by Crippen LogP contribution is 2.04. The normalized spacial score (nSPS) is 9.44. The van der Waals surface area contributed by atoms with E-state index in [4.69, 9.17) is 5.73 Å². The second kappa shape index (κ2) is 1.93. The molecule has 0 fully saturated rings. The molecule has 1 aromatic rings. The summed E-state index contributed by atoms with van der Waals surface area (Å²) >= 11 is 0. The summed E-state index contributed by atoms with van der Waals surface area (Å²) in [5.41, 5.74) is 6.31. The van der Waals surface area contributed by atoms with Gasteiger partial charge in [-0.05, 0) is 6.92 Å². The Morgan fingerprint density at radius 3 is 2.78 bits per heavy atom. The molecule has 0 aliphatic carbocycles. The first-order chi connectivity index (χ1) is 4.22. The second-order valence-electron chi connectivity index (χ2n) is 1.89. The van der Waals surface area contributed by atoms with Crippen molar-refractivity contribution in [2.75, 3.05) is 5.73 Å². The van der Waals surface area contributed by atoms with Gasteiger partial charge >= 0.3 is 0 Å². The van der Waals surface area contributed by atoms with Gasteiger partial charge in [-0.3, -0.25) is 4.57 Å². The third-order valence-corrected chi connectivity index (χ3v) is 1.08. The Hall–Kier alpha value is -1.25. The van der Waals surface area contributed by atoms with E-state index in [1.807, 2.05) is 6.92 Å². The van der Waals surface area contributed by atoms with Crippen molar-refractivity contribution in [3.63, 3.8) is 0 Å². The lowest BCUT2D eigenvalue weighted by Gasteiger charge is -1.99. The molecule has 0 radical (unpaired) electrons. The Balaban J connectivity index is 3.08. The van der Waals surface area contributed by atoms with E-state index < -0.39 is 0 Å². The number of hydrogen-bond donors (Lipinski definition) is 1. The molecule has 48 valence electrons. The van der Waals surface area contributed by atoms with Crippen LogP contribution in [0.5, 0.6) is 0 Å². The summed E-state index contributed by atoms with van der Waals surface area (Å²) in [4.78, 5) is 3.82. The van der Waals surface area contributed by atoms with Gasteiger partial charge in [-0.1, -0.05) is 6.58 Å². The van der Waals surface area contributed by atoms with E-state index in [0.717, 1.165) is 5.70 Å². The zero-order valence-electron chi connectivity index (χ0n) is 5.33. The van der Waals surface area contributed by atoms with Crippen LogP contribution in [0.3, 0.4) is 0 Å². The number of allylic oxidation sites excluding steroid dienone is 1. The number of imidazole rings is 1. The first-order valence-corrected chi connectivity index (χ1v) is 2.66. The van der Waals surface area contributed by atoms with Crippen LogP contribution in [-0.2, 0) is 0 Å². The molecule has 1 heterocycles. The van der Waals surface area contributed by atoms with Crippen molar-refractivity contribution in [3.05, 3.63) is 19.0 Å². The fourth-order valence-electron chi connectivity index (χ4n) is 0.638. The minimum absolute atomic E-state index is 0.488. The Kier molecular flexibility index (Phi) is 1.26. The quantitative estimate of drug-likeness (QED) is 0.604. The third kappa shape index (κ3) is 0.937. The SMILES string of the molecule is C=C(C)n1ccnc1N. The molecule has 1 aromatic heterocycles. The summed E-state index contributed by atoms with van der Waals surface area (Å²) < 4.78 is 1.72. The lowest BCUT2D eigenvalue weighted by Crippen LogP contribution is -1.97. The largest absolute Gasteiger partial charge is 0.369 e. The van der Waals surface area contributed by atoms with Gasteiger partial charge in [0.05, 0.1) is 0 Å². The van der Waals surface area contributed by atoms with Crippen molar-refractivity contribution in [1.29, 1.82) is 0 Å². The van der Waals surface area contributed by atoms with E-state index in [1.54, 1.807) is 17.0 Å². The molecular formula is C6H9N3. The Morgan fingerprint density at radius 2 is 2.56 bits per heavy atom. The van der Waals surface area contributed by atoms with Gasteiger partial charge < -0.3 is 5.73 Å². The van der Waals surface area contributed by atoms with Crippen molar-refractivity contribution >= 4 is 11.6 Å². The lowest BCUT2D eigenvalue weighted by molar-refractivity contribution is 1.10. The molecular weight excluding hydrogens is 114 g/mol. The summed E-state index contributed by atoms with van der Waals surface area (Å²) in [5.74, 6) is 0.488. The summed E-state index contributed by atoms with van der Waals surface area (Å²) in [6, 6.07) is 0. The highest BCUT2D eigenvalue weighted by atomic mass is 15.1. The topological polar surface area (TPSA) is 43.8 Å². The molecule has 0 saturated heterocycles. The average molecular weight is 123 g/mol. The van der Waals surface area contributed by atoms with Gasteiger partial charge in [0.25, 0.3) is 0 Å². The van der Waals surface area contributed by atoms with Gasteiger partial charge in [0.15, 0.2) is 0 Å². The van der Waals surface area contributed by atoms with Crippen LogP contribution < -0.4 is 5.73 Å². The average Bonchev–Trinajstić information content (AvgIpc) is 2.13. The van der Waals surface area contributed by atoms with Crippen LogP contribution in [0.25, 0.3) is 5.70 Å². The second-order valence-corrected chi connectivity index (χ2v) is 1.89. The number of nitrogens with zero attached hydrogens (tertiary/aromatic N) is 2. The molecule has 0 aromatic carbocycles. The predicted molar refractivity (Wildman–Crippen MR) is 37.6 cm³/mol. The molecule has 0 bridgehead atoms. The Labute approximate surface area is 53.8 Å². The highest BCUT2D eigenvalue weighted by Gasteiger charge is 1.94. The highest BCUT2D eigenvalue weighted by molar-refractivity contribution is 5.44. The summed E-state index contributed by atoms with van der Waals surface area (Å²) in [5, 5.41) is 0. The van der Waals surface area contributed by atoms with Crippen LogP contribution in [0.2, 0.25) is 0 Å². The van der Waals surface area contributed by atoms with E-state index in [9.17, 15) is 0 Å². The first-order valence-electron chi connectivity index (χ1n) is 2.66. The maximum atomic E-state index is 5.43. The molecule has 1 rings (SSSR count). The van der Waals surface area contributed by atoms with Crippen molar-refractivity contribution in [1.82, 2.24) is 9.55 Å². The molecule has 0 aliphatic heterocycles. The van der Waals surface area contributed by atoms with Crippen LogP contribution in [0.4, 0.5) is 5.95 Å². The van der Waals surface area contributed by atoms with Crippen LogP contribution in [0.1, 0.15) is 6.92 Å². The van der Waals surface area contributed by atoms with E-state index in [0.29, 0.717) is 5.95 Å². The number of hydrogen-bond acceptors (Lipinski definition) is 2. The molecule has 0 aliphatic rings. The summed E-state index contributed by atoms with van der Waals surface area (Å²) in [6.07, 6.45) is 3.42. The summed E-state index contributed by atoms with van der Waals surface area (Å²) in [6.45, 7) is 5.57. The summed E-state index contributed by atoms with van der Waals surface area (Å²) in [7, 11) is 0. The van der Waals surface area contributed by atoms with Gasteiger partial charge in [0.2, 0.25) is 5.95 Å². The lowest BCUT2D eigenvalue weighted by atomic mass is 10.5. The van der Waals surface area contributed by atoms with E-state index in [-0.39, 0.29) is 0 Å². The van der Waals surface area contributed by atoms with Crippen molar-refractivity contribution in [2.24, 2.45) is 0 Å². The Bertz CT molecular complexity index is 224. The molecule has 0 saturated carbocycles. The fourth-order valence-corrected chi connectivity index (χ4v) is 0.638. The molecule has 9 heavy (non-hydrogen) atoms. The van der Waals surface area contributed by atoms with Crippen LogP contribution >= 0.6 is 0 Å². The number of anilines is 1. The molecule has 2 N–H and O–H groups in total. The maximum Gasteiger partial charge on any atom is 0.204 e. The molecule has 3 heteroatoms. The molecule has 3 nitrogen and oxygen atoms in total. The molecule has 0 spiro atoms. The van der Waals surface area contributed by atoms with Crippen molar-refractivity contribution in [3.8, 4) is 0 Å². The van der Waals surface area contributed by atoms with E-state index >= 15 is 0 Å². The van der Waals surface area contributed by atoms with E-state index in [1.165, 1.54) is 0 Å². The minimum atomic E-state index is 0.488. The van der Waals surface area contributed by atoms with Gasteiger partial charge in [-0.2, -0.15) is 0 Å². The van der Waals surface area contributed by atoms with Crippen LogP contribution in [0.15, 0.2) is 19.0 Å². The number of nitrogens with two attached hydrogens (primary N) is 1. The third-order valence-electron chi connectivity index (χ3n) is 1.08. The first kappa shape index (κ1) is 5.88. The van der Waals surface area contributed by atoms with Crippen molar-refractivity contribution < 1.29 is 0 Å².